The summed E-state index contributed by atoms with van der Waals surface area (Å²) in [6, 6.07) is 13.9. The van der Waals surface area contributed by atoms with Crippen LogP contribution in [0.1, 0.15) is 15.9 Å². The van der Waals surface area contributed by atoms with E-state index in [9.17, 15) is 4.79 Å². The van der Waals surface area contributed by atoms with E-state index in [0.29, 0.717) is 6.42 Å². The maximum Gasteiger partial charge on any atom is 0.167 e. The molecule has 0 radical (unpaired) electrons. The van der Waals surface area contributed by atoms with Gasteiger partial charge in [-0.15, -0.1) is 0 Å². The van der Waals surface area contributed by atoms with E-state index in [-0.39, 0.29) is 5.78 Å². The molecule has 1 aliphatic carbocycles. The third-order valence-corrected chi connectivity index (χ3v) is 3.43. The van der Waals surface area contributed by atoms with Crippen LogP contribution < -0.4 is 0 Å². The molecule has 0 bridgehead atoms. The van der Waals surface area contributed by atoms with E-state index in [1.54, 1.807) is 0 Å². The Labute approximate surface area is 102 Å². The molecule has 78 valence electrons. The molecule has 2 heteroatoms. The zero-order valence-corrected chi connectivity index (χ0v) is 10.1. The molecule has 2 aromatic rings. The van der Waals surface area contributed by atoms with E-state index in [0.717, 1.165) is 21.2 Å². The summed E-state index contributed by atoms with van der Waals surface area (Å²) in [5.74, 6) is 0.209. The van der Waals surface area contributed by atoms with Crippen molar-refractivity contribution in [3.8, 4) is 11.1 Å². The van der Waals surface area contributed by atoms with Gasteiger partial charge in [0, 0.05) is 16.5 Å². The monoisotopic (exact) mass is 272 g/mol. The first-order valence-electron chi connectivity index (χ1n) is 5.17. The van der Waals surface area contributed by atoms with Crippen LogP contribution in [0.5, 0.6) is 0 Å². The fourth-order valence-electron chi connectivity index (χ4n) is 2.20. The average Bonchev–Trinajstić information content (AvgIpc) is 2.29. The van der Waals surface area contributed by atoms with Gasteiger partial charge in [-0.05, 0) is 28.8 Å². The molecular formula is C14H9BrO. The average molecular weight is 273 g/mol. The summed E-state index contributed by atoms with van der Waals surface area (Å²) in [7, 11) is 0. The van der Waals surface area contributed by atoms with Gasteiger partial charge in [-0.1, -0.05) is 46.3 Å². The number of hydrogen-bond acceptors (Lipinski definition) is 1. The normalized spacial score (nSPS) is 13.2. The van der Waals surface area contributed by atoms with Crippen LogP contribution in [-0.2, 0) is 6.42 Å². The minimum atomic E-state index is 0.209. The summed E-state index contributed by atoms with van der Waals surface area (Å²) in [6.45, 7) is 0. The Kier molecular flexibility index (Phi) is 2.18. The predicted octanol–water partition coefficient (Wildman–Crippen LogP) is 3.85. The maximum absolute atomic E-state index is 11.9. The van der Waals surface area contributed by atoms with E-state index in [1.165, 1.54) is 5.56 Å². The zero-order valence-electron chi connectivity index (χ0n) is 8.53. The molecule has 0 saturated carbocycles. The lowest BCUT2D eigenvalue weighted by Crippen LogP contribution is -2.12. The van der Waals surface area contributed by atoms with Gasteiger partial charge in [0.2, 0.25) is 0 Å². The van der Waals surface area contributed by atoms with Crippen molar-refractivity contribution in [1.29, 1.82) is 0 Å². The Morgan fingerprint density at radius 3 is 2.50 bits per heavy atom. The molecule has 0 aromatic heterocycles. The number of fused-ring (bicyclic) bond motifs is 3. The first-order valence-corrected chi connectivity index (χ1v) is 5.96. The van der Waals surface area contributed by atoms with Crippen LogP contribution in [0.2, 0.25) is 0 Å². The molecule has 2 aromatic carbocycles. The quantitative estimate of drug-likeness (QED) is 0.712. The van der Waals surface area contributed by atoms with Gasteiger partial charge in [0.25, 0.3) is 0 Å². The molecule has 0 fully saturated rings. The number of halogens is 1. The second-order valence-electron chi connectivity index (χ2n) is 3.95. The summed E-state index contributed by atoms with van der Waals surface area (Å²) in [6.07, 6.45) is 0.506. The largest absolute Gasteiger partial charge is 0.294 e. The lowest BCUT2D eigenvalue weighted by atomic mass is 9.85. The Hall–Kier alpha value is -1.41. The van der Waals surface area contributed by atoms with Crippen LogP contribution in [0.15, 0.2) is 46.9 Å². The van der Waals surface area contributed by atoms with E-state index in [2.05, 4.69) is 22.0 Å². The van der Waals surface area contributed by atoms with Crippen molar-refractivity contribution in [3.63, 3.8) is 0 Å². The molecule has 0 heterocycles. The van der Waals surface area contributed by atoms with Gasteiger partial charge < -0.3 is 0 Å². The van der Waals surface area contributed by atoms with E-state index in [1.807, 2.05) is 36.4 Å². The molecule has 1 nitrogen and oxygen atoms in total. The maximum atomic E-state index is 11.9. The van der Waals surface area contributed by atoms with Crippen molar-refractivity contribution in [3.05, 3.63) is 58.1 Å². The topological polar surface area (TPSA) is 17.1 Å². The number of carbonyl (C=O) groups is 1. The highest BCUT2D eigenvalue weighted by molar-refractivity contribution is 9.10. The SMILES string of the molecule is O=C1Cc2cc(Br)ccc2-c2ccccc21. The number of Topliss-reactive ketones (excluding diaryl/α,β-unsaturated/α-hetero) is 1. The smallest absolute Gasteiger partial charge is 0.167 e. The van der Waals surface area contributed by atoms with Crippen LogP contribution in [0, 0.1) is 0 Å². The lowest BCUT2D eigenvalue weighted by molar-refractivity contribution is 0.0992. The second-order valence-corrected chi connectivity index (χ2v) is 4.86. The molecule has 0 N–H and O–H groups in total. The Balaban J connectivity index is 2.32. The van der Waals surface area contributed by atoms with E-state index >= 15 is 0 Å². The molecule has 0 atom stereocenters. The number of ketones is 1. The summed E-state index contributed by atoms with van der Waals surface area (Å²) in [5.41, 5.74) is 4.19. The standard InChI is InChI=1S/C14H9BrO/c15-10-5-6-11-9(7-10)8-14(16)13-4-2-1-3-12(11)13/h1-7H,8H2. The van der Waals surface area contributed by atoms with Crippen molar-refractivity contribution < 1.29 is 4.79 Å². The third kappa shape index (κ3) is 1.41. The molecule has 0 aliphatic heterocycles. The highest BCUT2D eigenvalue weighted by Crippen LogP contribution is 2.34. The van der Waals surface area contributed by atoms with Crippen LogP contribution in [0.3, 0.4) is 0 Å². The highest BCUT2D eigenvalue weighted by Gasteiger charge is 2.21. The highest BCUT2D eigenvalue weighted by atomic mass is 79.9. The van der Waals surface area contributed by atoms with Crippen LogP contribution in [0.4, 0.5) is 0 Å². The van der Waals surface area contributed by atoms with Gasteiger partial charge in [0.05, 0.1) is 0 Å². The fraction of sp³-hybridized carbons (Fsp3) is 0.0714. The first-order chi connectivity index (χ1) is 7.75. The molecule has 1 aliphatic rings. The van der Waals surface area contributed by atoms with Crippen molar-refractivity contribution in [2.75, 3.05) is 0 Å². The number of rotatable bonds is 0. The lowest BCUT2D eigenvalue weighted by Gasteiger charge is -2.18. The number of benzene rings is 2. The zero-order chi connectivity index (χ0) is 11.1. The van der Waals surface area contributed by atoms with E-state index in [4.69, 9.17) is 0 Å². The van der Waals surface area contributed by atoms with Gasteiger partial charge in [0.1, 0.15) is 0 Å². The van der Waals surface area contributed by atoms with Crippen molar-refractivity contribution >= 4 is 21.7 Å². The molecule has 3 rings (SSSR count). The molecule has 0 unspecified atom stereocenters. The van der Waals surface area contributed by atoms with Crippen molar-refractivity contribution in [2.24, 2.45) is 0 Å². The van der Waals surface area contributed by atoms with Crippen LogP contribution >= 0.6 is 15.9 Å². The first kappa shape index (κ1) is 9.79. The third-order valence-electron chi connectivity index (χ3n) is 2.94. The number of carbonyl (C=O) groups excluding carboxylic acids is 1. The summed E-state index contributed by atoms with van der Waals surface area (Å²) in [5, 5.41) is 0. The predicted molar refractivity (Wildman–Crippen MR) is 67.6 cm³/mol. The van der Waals surface area contributed by atoms with E-state index < -0.39 is 0 Å². The molecule has 0 spiro atoms. The second kappa shape index (κ2) is 3.56. The fourth-order valence-corrected chi connectivity index (χ4v) is 2.61. The Morgan fingerprint density at radius 1 is 0.938 bits per heavy atom. The minimum Gasteiger partial charge on any atom is -0.294 e. The molecule has 0 saturated heterocycles. The molecule has 0 amide bonds. The summed E-state index contributed by atoms with van der Waals surface area (Å²) < 4.78 is 1.03. The molecular weight excluding hydrogens is 264 g/mol. The van der Waals surface area contributed by atoms with Crippen LogP contribution in [0.25, 0.3) is 11.1 Å². The number of hydrogen-bond donors (Lipinski definition) is 0. The van der Waals surface area contributed by atoms with Crippen molar-refractivity contribution in [2.45, 2.75) is 6.42 Å². The minimum absolute atomic E-state index is 0.209. The Bertz CT molecular complexity index is 587. The summed E-state index contributed by atoms with van der Waals surface area (Å²) >= 11 is 3.44. The Morgan fingerprint density at radius 2 is 1.69 bits per heavy atom. The molecule has 16 heavy (non-hydrogen) atoms. The van der Waals surface area contributed by atoms with Gasteiger partial charge in [-0.25, -0.2) is 0 Å². The van der Waals surface area contributed by atoms with Gasteiger partial charge in [-0.3, -0.25) is 4.79 Å². The van der Waals surface area contributed by atoms with Gasteiger partial charge >= 0.3 is 0 Å². The summed E-state index contributed by atoms with van der Waals surface area (Å²) in [4.78, 5) is 11.9. The van der Waals surface area contributed by atoms with Gasteiger partial charge in [-0.2, -0.15) is 0 Å². The van der Waals surface area contributed by atoms with Gasteiger partial charge in [0.15, 0.2) is 5.78 Å². The van der Waals surface area contributed by atoms with Crippen LogP contribution in [-0.4, -0.2) is 5.78 Å². The van der Waals surface area contributed by atoms with Crippen molar-refractivity contribution in [1.82, 2.24) is 0 Å².